The maximum atomic E-state index is 10.9. The number of hydrogen-bond donors (Lipinski definition) is 1. The fourth-order valence-corrected chi connectivity index (χ4v) is 3.17. The van der Waals surface area contributed by atoms with Crippen LogP contribution in [0.3, 0.4) is 0 Å². The molecule has 1 aromatic carbocycles. The van der Waals surface area contributed by atoms with Gasteiger partial charge in [-0.2, -0.15) is 0 Å². The molecule has 1 fully saturated rings. The van der Waals surface area contributed by atoms with Crippen LogP contribution in [0.1, 0.15) is 26.3 Å². The molecule has 1 aromatic rings. The fraction of sp³-hybridized carbons (Fsp3) is 0.600. The lowest BCUT2D eigenvalue weighted by Crippen LogP contribution is -2.64. The maximum absolute atomic E-state index is 10.9. The van der Waals surface area contributed by atoms with Crippen molar-refractivity contribution in [1.29, 1.82) is 0 Å². The van der Waals surface area contributed by atoms with Crippen molar-refractivity contribution in [2.75, 3.05) is 26.2 Å². The van der Waals surface area contributed by atoms with E-state index in [1.54, 1.807) is 12.1 Å². The molecular formula is C15H23ClNO2+. The van der Waals surface area contributed by atoms with Crippen LogP contribution in [0.4, 0.5) is 0 Å². The van der Waals surface area contributed by atoms with E-state index in [9.17, 15) is 5.11 Å². The Hall–Kier alpha value is -0.610. The highest BCUT2D eigenvalue weighted by Crippen LogP contribution is 2.34. The van der Waals surface area contributed by atoms with Crippen LogP contribution in [0.15, 0.2) is 24.3 Å². The second-order valence-corrected chi connectivity index (χ2v) is 5.97. The van der Waals surface area contributed by atoms with Crippen molar-refractivity contribution in [1.82, 2.24) is 0 Å². The summed E-state index contributed by atoms with van der Waals surface area (Å²) in [5, 5.41) is 11.6. The standard InChI is InChI=1S/C15H23ClNO2/c1-4-17(5-2)10-12(3)19-15(18,11-17)13-6-8-14(16)9-7-13/h6-9,12,18H,4-5,10-11H2,1-3H3/q+1. The number of hydrogen-bond acceptors (Lipinski definition) is 2. The molecule has 1 aliphatic rings. The van der Waals surface area contributed by atoms with Gasteiger partial charge in [-0.3, -0.25) is 0 Å². The molecular weight excluding hydrogens is 262 g/mol. The van der Waals surface area contributed by atoms with Crippen LogP contribution >= 0.6 is 11.6 Å². The van der Waals surface area contributed by atoms with Crippen molar-refractivity contribution < 1.29 is 14.3 Å². The zero-order valence-electron chi connectivity index (χ0n) is 11.9. The van der Waals surface area contributed by atoms with Gasteiger partial charge < -0.3 is 14.3 Å². The summed E-state index contributed by atoms with van der Waals surface area (Å²) in [4.78, 5) is 0. The molecule has 0 bridgehead atoms. The van der Waals surface area contributed by atoms with Gasteiger partial charge in [0, 0.05) is 10.6 Å². The Balaban J connectivity index is 2.33. The van der Waals surface area contributed by atoms with E-state index in [-0.39, 0.29) is 6.10 Å². The Morgan fingerprint density at radius 1 is 1.32 bits per heavy atom. The summed E-state index contributed by atoms with van der Waals surface area (Å²) in [6.07, 6.45) is 0.0364. The molecule has 0 amide bonds. The van der Waals surface area contributed by atoms with Gasteiger partial charge in [0.05, 0.1) is 13.1 Å². The Morgan fingerprint density at radius 2 is 1.89 bits per heavy atom. The summed E-state index contributed by atoms with van der Waals surface area (Å²) >= 11 is 5.91. The number of halogens is 1. The van der Waals surface area contributed by atoms with E-state index in [4.69, 9.17) is 16.3 Å². The zero-order valence-corrected chi connectivity index (χ0v) is 12.7. The first-order valence-corrected chi connectivity index (χ1v) is 7.32. The quantitative estimate of drug-likeness (QED) is 0.865. The van der Waals surface area contributed by atoms with Gasteiger partial charge in [-0.25, -0.2) is 0 Å². The van der Waals surface area contributed by atoms with Gasteiger partial charge in [-0.15, -0.1) is 0 Å². The molecule has 106 valence electrons. The van der Waals surface area contributed by atoms with Crippen LogP contribution in [-0.2, 0) is 10.5 Å². The van der Waals surface area contributed by atoms with Gasteiger partial charge in [-0.05, 0) is 32.9 Å². The lowest BCUT2D eigenvalue weighted by molar-refractivity contribution is -0.948. The molecule has 3 nitrogen and oxygen atoms in total. The molecule has 2 unspecified atom stereocenters. The molecule has 1 saturated heterocycles. The van der Waals surface area contributed by atoms with Crippen LogP contribution in [0.25, 0.3) is 0 Å². The van der Waals surface area contributed by atoms with E-state index >= 15 is 0 Å². The van der Waals surface area contributed by atoms with Crippen LogP contribution < -0.4 is 0 Å². The van der Waals surface area contributed by atoms with Crippen LogP contribution in [0, 0.1) is 0 Å². The predicted molar refractivity (Wildman–Crippen MR) is 77.0 cm³/mol. The monoisotopic (exact) mass is 284 g/mol. The molecule has 1 aliphatic heterocycles. The van der Waals surface area contributed by atoms with Crippen molar-refractivity contribution in [2.24, 2.45) is 0 Å². The Bertz CT molecular complexity index is 430. The average molecular weight is 285 g/mol. The second kappa shape index (κ2) is 5.41. The summed E-state index contributed by atoms with van der Waals surface area (Å²) in [7, 11) is 0. The van der Waals surface area contributed by atoms with E-state index in [0.29, 0.717) is 11.6 Å². The summed E-state index contributed by atoms with van der Waals surface area (Å²) in [6.45, 7) is 9.90. The molecule has 1 heterocycles. The van der Waals surface area contributed by atoms with E-state index in [0.717, 1.165) is 29.7 Å². The minimum atomic E-state index is -1.21. The third kappa shape index (κ3) is 2.95. The molecule has 2 atom stereocenters. The number of rotatable bonds is 3. The third-order valence-corrected chi connectivity index (χ3v) is 4.48. The number of likely N-dealkylation sites (N-methyl/N-ethyl adjacent to an activating group) is 1. The molecule has 1 N–H and O–H groups in total. The molecule has 0 saturated carbocycles. The Kier molecular flexibility index (Phi) is 4.21. The van der Waals surface area contributed by atoms with Gasteiger partial charge >= 0.3 is 0 Å². The summed E-state index contributed by atoms with van der Waals surface area (Å²) < 4.78 is 6.73. The second-order valence-electron chi connectivity index (χ2n) is 5.53. The van der Waals surface area contributed by atoms with Crippen LogP contribution in [0.5, 0.6) is 0 Å². The number of aliphatic hydroxyl groups is 1. The number of nitrogens with zero attached hydrogens (tertiary/aromatic N) is 1. The van der Waals surface area contributed by atoms with Crippen molar-refractivity contribution in [3.8, 4) is 0 Å². The third-order valence-electron chi connectivity index (χ3n) is 4.23. The molecule has 2 rings (SSSR count). The van der Waals surface area contributed by atoms with Gasteiger partial charge in [0.1, 0.15) is 19.2 Å². The highest BCUT2D eigenvalue weighted by molar-refractivity contribution is 6.30. The van der Waals surface area contributed by atoms with Crippen molar-refractivity contribution >= 4 is 11.6 Å². The van der Waals surface area contributed by atoms with Crippen LogP contribution in [-0.4, -0.2) is 41.9 Å². The number of benzene rings is 1. The first-order chi connectivity index (χ1) is 8.93. The summed E-state index contributed by atoms with van der Waals surface area (Å²) in [5.41, 5.74) is 0.785. The fourth-order valence-electron chi connectivity index (χ4n) is 3.05. The van der Waals surface area contributed by atoms with Crippen molar-refractivity contribution in [2.45, 2.75) is 32.7 Å². The topological polar surface area (TPSA) is 29.5 Å². The summed E-state index contributed by atoms with van der Waals surface area (Å²) in [5.74, 6) is -1.21. The van der Waals surface area contributed by atoms with E-state index in [2.05, 4.69) is 13.8 Å². The highest BCUT2D eigenvalue weighted by Gasteiger charge is 2.47. The number of morpholine rings is 1. The highest BCUT2D eigenvalue weighted by atomic mass is 35.5. The summed E-state index contributed by atoms with van der Waals surface area (Å²) in [6, 6.07) is 7.29. The first kappa shape index (κ1) is 14.8. The van der Waals surface area contributed by atoms with Gasteiger partial charge in [0.15, 0.2) is 0 Å². The lowest BCUT2D eigenvalue weighted by Gasteiger charge is -2.49. The molecule has 4 heteroatoms. The number of ether oxygens (including phenoxy) is 1. The molecule has 0 aliphatic carbocycles. The van der Waals surface area contributed by atoms with E-state index in [1.165, 1.54) is 0 Å². The molecule has 0 aromatic heterocycles. The maximum Gasteiger partial charge on any atom is 0.244 e. The average Bonchev–Trinajstić information content (AvgIpc) is 2.38. The van der Waals surface area contributed by atoms with E-state index in [1.807, 2.05) is 19.1 Å². The van der Waals surface area contributed by atoms with Crippen molar-refractivity contribution in [3.63, 3.8) is 0 Å². The minimum Gasteiger partial charge on any atom is -0.357 e. The van der Waals surface area contributed by atoms with Crippen molar-refractivity contribution in [3.05, 3.63) is 34.9 Å². The normalized spacial score (nSPS) is 30.3. The van der Waals surface area contributed by atoms with Gasteiger partial charge in [-0.1, -0.05) is 23.7 Å². The van der Waals surface area contributed by atoms with E-state index < -0.39 is 5.79 Å². The SMILES string of the molecule is CC[N+]1(CC)CC(C)OC(O)(c2ccc(Cl)cc2)C1. The van der Waals surface area contributed by atoms with Gasteiger partial charge in [0.25, 0.3) is 0 Å². The largest absolute Gasteiger partial charge is 0.357 e. The predicted octanol–water partition coefficient (Wildman–Crippen LogP) is 2.76. The minimum absolute atomic E-state index is 0.0364. The van der Waals surface area contributed by atoms with Gasteiger partial charge in [0.2, 0.25) is 5.79 Å². The lowest BCUT2D eigenvalue weighted by atomic mass is 10.0. The van der Waals surface area contributed by atoms with Crippen LogP contribution in [0.2, 0.25) is 5.02 Å². The number of quaternary nitrogens is 1. The smallest absolute Gasteiger partial charge is 0.244 e. The Morgan fingerprint density at radius 3 is 2.42 bits per heavy atom. The molecule has 19 heavy (non-hydrogen) atoms. The first-order valence-electron chi connectivity index (χ1n) is 6.94. The Labute approximate surface area is 120 Å². The molecule has 0 spiro atoms. The zero-order chi connectivity index (χ0) is 14.1. The molecule has 0 radical (unpaired) electrons.